The highest BCUT2D eigenvalue weighted by Gasteiger charge is 2.27. The Morgan fingerprint density at radius 2 is 1.83 bits per heavy atom. The largest absolute Gasteiger partial charge is 0.373 e. The van der Waals surface area contributed by atoms with Crippen LogP contribution in [-0.4, -0.2) is 23.6 Å². The van der Waals surface area contributed by atoms with Gasteiger partial charge in [0, 0.05) is 25.6 Å². The van der Waals surface area contributed by atoms with E-state index in [1.165, 1.54) is 38.5 Å². The normalized spacial score (nSPS) is 20.1. The molecule has 0 bridgehead atoms. The second-order valence-electron chi connectivity index (χ2n) is 5.55. The Balaban J connectivity index is 1.67. The summed E-state index contributed by atoms with van der Waals surface area (Å²) in [6.45, 7) is 1.06. The molecule has 0 saturated heterocycles. The molecule has 3 rings (SSSR count). The molecule has 2 saturated carbocycles. The van der Waals surface area contributed by atoms with E-state index in [4.69, 9.17) is 0 Å². The van der Waals surface area contributed by atoms with E-state index in [1.807, 2.05) is 13.1 Å². The van der Waals surface area contributed by atoms with Gasteiger partial charge in [-0.2, -0.15) is 0 Å². The molecule has 4 nitrogen and oxygen atoms in total. The van der Waals surface area contributed by atoms with E-state index < -0.39 is 0 Å². The first-order chi connectivity index (χ1) is 8.85. The second kappa shape index (κ2) is 5.12. The number of anilines is 2. The Bertz CT molecular complexity index is 408. The van der Waals surface area contributed by atoms with Gasteiger partial charge >= 0.3 is 0 Å². The predicted molar refractivity (Wildman–Crippen MR) is 74.0 cm³/mol. The first kappa shape index (κ1) is 11.8. The lowest BCUT2D eigenvalue weighted by Crippen LogP contribution is -2.13. The van der Waals surface area contributed by atoms with Gasteiger partial charge in [-0.25, -0.2) is 9.97 Å². The van der Waals surface area contributed by atoms with Crippen molar-refractivity contribution in [3.8, 4) is 0 Å². The first-order valence-electron chi connectivity index (χ1n) is 7.16. The average molecular weight is 246 g/mol. The van der Waals surface area contributed by atoms with Crippen molar-refractivity contribution >= 4 is 11.6 Å². The summed E-state index contributed by atoms with van der Waals surface area (Å²) < 4.78 is 0. The third-order valence-electron chi connectivity index (χ3n) is 3.99. The number of hydrogen-bond donors (Lipinski definition) is 2. The summed E-state index contributed by atoms with van der Waals surface area (Å²) in [5, 5.41) is 6.62. The van der Waals surface area contributed by atoms with Crippen molar-refractivity contribution in [1.82, 2.24) is 9.97 Å². The van der Waals surface area contributed by atoms with Gasteiger partial charge in [0.1, 0.15) is 17.5 Å². The molecule has 0 spiro atoms. The maximum absolute atomic E-state index is 4.64. The summed E-state index contributed by atoms with van der Waals surface area (Å²) >= 11 is 0. The van der Waals surface area contributed by atoms with E-state index in [1.54, 1.807) is 0 Å². The minimum absolute atomic E-state index is 0.602. The van der Waals surface area contributed by atoms with E-state index in [2.05, 4.69) is 20.6 Å². The van der Waals surface area contributed by atoms with Crippen molar-refractivity contribution in [2.24, 2.45) is 5.92 Å². The number of aromatic nitrogens is 2. The Morgan fingerprint density at radius 3 is 2.50 bits per heavy atom. The van der Waals surface area contributed by atoms with Crippen molar-refractivity contribution in [2.75, 3.05) is 24.2 Å². The zero-order valence-electron chi connectivity index (χ0n) is 11.1. The van der Waals surface area contributed by atoms with E-state index in [0.29, 0.717) is 5.92 Å². The highest BCUT2D eigenvalue weighted by Crippen LogP contribution is 2.38. The van der Waals surface area contributed by atoms with Gasteiger partial charge in [-0.15, -0.1) is 0 Å². The zero-order valence-corrected chi connectivity index (χ0v) is 11.1. The molecule has 0 aliphatic heterocycles. The number of nitrogens with zero attached hydrogens (tertiary/aromatic N) is 2. The molecule has 0 unspecified atom stereocenters. The molecule has 0 atom stereocenters. The maximum atomic E-state index is 4.64. The SMILES string of the molecule is CNc1cc(NCC2CCCC2)nc(C2CC2)n1. The highest BCUT2D eigenvalue weighted by molar-refractivity contribution is 5.47. The molecule has 0 aromatic carbocycles. The third-order valence-corrected chi connectivity index (χ3v) is 3.99. The summed E-state index contributed by atoms with van der Waals surface area (Å²) in [5.41, 5.74) is 0. The lowest BCUT2D eigenvalue weighted by molar-refractivity contribution is 0.578. The molecule has 0 radical (unpaired) electrons. The van der Waals surface area contributed by atoms with Crippen molar-refractivity contribution in [1.29, 1.82) is 0 Å². The van der Waals surface area contributed by atoms with Crippen molar-refractivity contribution in [2.45, 2.75) is 44.4 Å². The molecular weight excluding hydrogens is 224 g/mol. The van der Waals surface area contributed by atoms with Gasteiger partial charge in [-0.3, -0.25) is 0 Å². The van der Waals surface area contributed by atoms with Gasteiger partial charge in [-0.05, 0) is 31.6 Å². The molecule has 2 fully saturated rings. The second-order valence-corrected chi connectivity index (χ2v) is 5.55. The molecule has 98 valence electrons. The number of nitrogens with one attached hydrogen (secondary N) is 2. The smallest absolute Gasteiger partial charge is 0.136 e. The summed E-state index contributed by atoms with van der Waals surface area (Å²) in [6.07, 6.45) is 8.01. The van der Waals surface area contributed by atoms with Crippen molar-refractivity contribution < 1.29 is 0 Å². The lowest BCUT2D eigenvalue weighted by atomic mass is 10.1. The van der Waals surface area contributed by atoms with Crippen LogP contribution < -0.4 is 10.6 Å². The summed E-state index contributed by atoms with van der Waals surface area (Å²) in [7, 11) is 1.92. The highest BCUT2D eigenvalue weighted by atomic mass is 15.1. The molecule has 1 aromatic heterocycles. The Morgan fingerprint density at radius 1 is 1.11 bits per heavy atom. The van der Waals surface area contributed by atoms with Gasteiger partial charge in [0.25, 0.3) is 0 Å². The van der Waals surface area contributed by atoms with Crippen LogP contribution in [0.2, 0.25) is 0 Å². The Hall–Kier alpha value is -1.32. The topological polar surface area (TPSA) is 49.8 Å². The lowest BCUT2D eigenvalue weighted by Gasteiger charge is -2.13. The van der Waals surface area contributed by atoms with E-state index in [9.17, 15) is 0 Å². The van der Waals surface area contributed by atoms with Crippen LogP contribution in [0.25, 0.3) is 0 Å². The average Bonchev–Trinajstić information content (AvgIpc) is 3.13. The Kier molecular flexibility index (Phi) is 3.35. The van der Waals surface area contributed by atoms with Crippen LogP contribution in [0.5, 0.6) is 0 Å². The Labute approximate surface area is 109 Å². The van der Waals surface area contributed by atoms with Gasteiger partial charge in [0.05, 0.1) is 0 Å². The van der Waals surface area contributed by atoms with Gasteiger partial charge in [0.15, 0.2) is 0 Å². The zero-order chi connectivity index (χ0) is 12.4. The monoisotopic (exact) mass is 246 g/mol. The quantitative estimate of drug-likeness (QED) is 0.838. The number of hydrogen-bond acceptors (Lipinski definition) is 4. The molecule has 1 heterocycles. The standard InChI is InChI=1S/C14H22N4/c1-15-12-8-13(16-9-10-4-2-3-5-10)18-14(17-12)11-6-7-11/h8,10-11H,2-7,9H2,1H3,(H2,15,16,17,18). The van der Waals surface area contributed by atoms with Crippen molar-refractivity contribution in [3.05, 3.63) is 11.9 Å². The first-order valence-corrected chi connectivity index (χ1v) is 7.16. The van der Waals surface area contributed by atoms with Gasteiger partial charge < -0.3 is 10.6 Å². The van der Waals surface area contributed by atoms with Crippen LogP contribution in [0.1, 0.15) is 50.3 Å². The van der Waals surface area contributed by atoms with Crippen LogP contribution in [0.3, 0.4) is 0 Å². The molecule has 2 aliphatic carbocycles. The molecule has 0 amide bonds. The third kappa shape index (κ3) is 2.74. The van der Waals surface area contributed by atoms with Crippen molar-refractivity contribution in [3.63, 3.8) is 0 Å². The maximum Gasteiger partial charge on any atom is 0.136 e. The summed E-state index contributed by atoms with van der Waals surface area (Å²) in [5.74, 6) is 4.37. The summed E-state index contributed by atoms with van der Waals surface area (Å²) in [6, 6.07) is 2.01. The van der Waals surface area contributed by atoms with E-state index in [-0.39, 0.29) is 0 Å². The van der Waals surface area contributed by atoms with Gasteiger partial charge in [0.2, 0.25) is 0 Å². The van der Waals surface area contributed by atoms with Crippen LogP contribution in [0.4, 0.5) is 11.6 Å². The molecule has 2 aliphatic rings. The van der Waals surface area contributed by atoms with E-state index in [0.717, 1.165) is 29.9 Å². The fourth-order valence-electron chi connectivity index (χ4n) is 2.67. The van der Waals surface area contributed by atoms with Gasteiger partial charge in [-0.1, -0.05) is 12.8 Å². The fourth-order valence-corrected chi connectivity index (χ4v) is 2.67. The molecule has 1 aromatic rings. The minimum Gasteiger partial charge on any atom is -0.373 e. The van der Waals surface area contributed by atoms with Crippen LogP contribution >= 0.6 is 0 Å². The minimum atomic E-state index is 0.602. The number of rotatable bonds is 5. The van der Waals surface area contributed by atoms with E-state index >= 15 is 0 Å². The molecular formula is C14H22N4. The molecule has 18 heavy (non-hydrogen) atoms. The predicted octanol–water partition coefficient (Wildman–Crippen LogP) is 3.00. The fraction of sp³-hybridized carbons (Fsp3) is 0.714. The van der Waals surface area contributed by atoms with Crippen LogP contribution in [0, 0.1) is 5.92 Å². The molecule has 2 N–H and O–H groups in total. The summed E-state index contributed by atoms with van der Waals surface area (Å²) in [4.78, 5) is 9.17. The molecule has 4 heteroatoms. The van der Waals surface area contributed by atoms with Crippen LogP contribution in [-0.2, 0) is 0 Å². The van der Waals surface area contributed by atoms with Crippen LogP contribution in [0.15, 0.2) is 6.07 Å².